The molecule has 3 rings (SSSR count). The quantitative estimate of drug-likeness (QED) is 0.344. The third kappa shape index (κ3) is 7.02. The van der Waals surface area contributed by atoms with E-state index in [0.29, 0.717) is 6.07 Å². The van der Waals surface area contributed by atoms with Gasteiger partial charge in [0.05, 0.1) is 26.7 Å². The van der Waals surface area contributed by atoms with Crippen molar-refractivity contribution < 1.29 is 46.9 Å². The lowest BCUT2D eigenvalue weighted by molar-refractivity contribution is -0.157. The number of benzene rings is 3. The second kappa shape index (κ2) is 12.0. The number of amides is 1. The second-order valence-corrected chi connectivity index (χ2v) is 8.33. The van der Waals surface area contributed by atoms with Crippen LogP contribution in [0.25, 0.3) is 0 Å². The van der Waals surface area contributed by atoms with Gasteiger partial charge >= 0.3 is 24.1 Å². The number of rotatable bonds is 8. The lowest BCUT2D eigenvalue weighted by Gasteiger charge is -2.24. The first-order valence-electron chi connectivity index (χ1n) is 10.5. The summed E-state index contributed by atoms with van der Waals surface area (Å²) in [5.74, 6) is -5.83. The number of hydrogen-bond acceptors (Lipinski definition) is 6. The highest BCUT2D eigenvalue weighted by molar-refractivity contribution is 6.34. The van der Waals surface area contributed by atoms with Crippen molar-refractivity contribution in [2.24, 2.45) is 0 Å². The Morgan fingerprint density at radius 2 is 1.26 bits per heavy atom. The van der Waals surface area contributed by atoms with Crippen LogP contribution in [-0.2, 0) is 25.2 Å². The Balaban J connectivity index is 1.97. The van der Waals surface area contributed by atoms with E-state index < -0.39 is 53.5 Å². The molecule has 0 spiro atoms. The van der Waals surface area contributed by atoms with Crippen molar-refractivity contribution in [2.45, 2.75) is 18.4 Å². The predicted octanol–water partition coefficient (Wildman–Crippen LogP) is 5.49. The maximum absolute atomic E-state index is 13.1. The fourth-order valence-corrected chi connectivity index (χ4v) is 3.52. The molecule has 0 aliphatic heterocycles. The van der Waals surface area contributed by atoms with Gasteiger partial charge in [-0.15, -0.1) is 0 Å². The summed E-state index contributed by atoms with van der Waals surface area (Å²) >= 11 is 11.9. The normalized spacial score (nSPS) is 12.7. The summed E-state index contributed by atoms with van der Waals surface area (Å²) in [6.45, 7) is 0. The molecule has 0 bridgehead atoms. The molecule has 0 unspecified atom stereocenters. The standard InChI is InChI=1S/C25H16Cl2F3NO7/c26-17-10-3-1-8-15(17)23(35)37-19(21(32)31-14-7-5-6-13(12-14)25(28,29)30)20(22(33)34)38-24(36)16-9-2-4-11-18(16)27/h1-12,19-20H,(H,31,32)(H,33,34)/t19-,20-/m0/s1. The van der Waals surface area contributed by atoms with E-state index in [1.54, 1.807) is 0 Å². The fraction of sp³-hybridized carbons (Fsp3) is 0.120. The van der Waals surface area contributed by atoms with Crippen LogP contribution in [0, 0.1) is 0 Å². The van der Waals surface area contributed by atoms with E-state index in [4.69, 9.17) is 32.7 Å². The number of esters is 2. The van der Waals surface area contributed by atoms with Crippen molar-refractivity contribution in [3.63, 3.8) is 0 Å². The number of nitrogens with one attached hydrogen (secondary N) is 1. The summed E-state index contributed by atoms with van der Waals surface area (Å²) < 4.78 is 49.3. The van der Waals surface area contributed by atoms with Crippen LogP contribution in [0.1, 0.15) is 26.3 Å². The number of anilines is 1. The van der Waals surface area contributed by atoms with Crippen molar-refractivity contribution in [3.05, 3.63) is 99.5 Å². The fourth-order valence-electron chi connectivity index (χ4n) is 3.09. The van der Waals surface area contributed by atoms with Crippen LogP contribution >= 0.6 is 23.2 Å². The molecular formula is C25H16Cl2F3NO7. The largest absolute Gasteiger partial charge is 0.478 e. The van der Waals surface area contributed by atoms with Crippen LogP contribution in [0.15, 0.2) is 72.8 Å². The molecule has 0 aliphatic carbocycles. The topological polar surface area (TPSA) is 119 Å². The first kappa shape index (κ1) is 28.5. The Kier molecular flexibility index (Phi) is 8.97. The zero-order valence-corrected chi connectivity index (χ0v) is 20.4. The van der Waals surface area contributed by atoms with Gasteiger partial charge in [0.1, 0.15) is 0 Å². The lowest BCUT2D eigenvalue weighted by Crippen LogP contribution is -2.48. The number of hydrogen-bond donors (Lipinski definition) is 2. The second-order valence-electron chi connectivity index (χ2n) is 7.52. The van der Waals surface area contributed by atoms with Crippen molar-refractivity contribution in [1.29, 1.82) is 0 Å². The lowest BCUT2D eigenvalue weighted by atomic mass is 10.1. The summed E-state index contributed by atoms with van der Waals surface area (Å²) in [5, 5.41) is 11.6. The molecule has 0 saturated heterocycles. The van der Waals surface area contributed by atoms with Gasteiger partial charge in [0.15, 0.2) is 0 Å². The predicted molar refractivity (Wildman–Crippen MR) is 129 cm³/mol. The van der Waals surface area contributed by atoms with E-state index in [1.165, 1.54) is 48.5 Å². The number of alkyl halides is 3. The molecule has 0 aliphatic rings. The SMILES string of the molecule is O=C(O[C@H](C(=O)O)[C@H](OC(=O)c1ccccc1Cl)C(=O)Nc1cccc(C(F)(F)F)c1)c1ccccc1Cl. The van der Waals surface area contributed by atoms with E-state index in [2.05, 4.69) is 5.32 Å². The van der Waals surface area contributed by atoms with Crippen LogP contribution < -0.4 is 5.32 Å². The Morgan fingerprint density at radius 3 is 1.74 bits per heavy atom. The minimum Gasteiger partial charge on any atom is -0.478 e. The van der Waals surface area contributed by atoms with E-state index in [9.17, 15) is 37.5 Å². The van der Waals surface area contributed by atoms with Gasteiger partial charge in [0, 0.05) is 5.69 Å². The van der Waals surface area contributed by atoms with Crippen molar-refractivity contribution in [1.82, 2.24) is 0 Å². The summed E-state index contributed by atoms with van der Waals surface area (Å²) in [4.78, 5) is 50.5. The molecular weight excluding hydrogens is 554 g/mol. The molecule has 13 heteroatoms. The third-order valence-electron chi connectivity index (χ3n) is 4.89. The molecule has 38 heavy (non-hydrogen) atoms. The molecule has 198 valence electrons. The maximum Gasteiger partial charge on any atom is 0.416 e. The highest BCUT2D eigenvalue weighted by Gasteiger charge is 2.41. The van der Waals surface area contributed by atoms with Gasteiger partial charge in [-0.05, 0) is 42.5 Å². The Bertz CT molecular complexity index is 1380. The monoisotopic (exact) mass is 569 g/mol. The molecule has 0 aromatic heterocycles. The molecule has 3 aromatic rings. The average Bonchev–Trinajstić information content (AvgIpc) is 2.85. The molecule has 2 atom stereocenters. The number of carbonyl (C=O) groups excluding carboxylic acids is 3. The molecule has 0 radical (unpaired) electrons. The Morgan fingerprint density at radius 1 is 0.763 bits per heavy atom. The Labute approximate surface area is 222 Å². The minimum atomic E-state index is -4.75. The minimum absolute atomic E-state index is 0.0975. The summed E-state index contributed by atoms with van der Waals surface area (Å²) in [7, 11) is 0. The maximum atomic E-state index is 13.1. The summed E-state index contributed by atoms with van der Waals surface area (Å²) in [5.41, 5.74) is -2.02. The van der Waals surface area contributed by atoms with Gasteiger partial charge in [-0.2, -0.15) is 13.2 Å². The van der Waals surface area contributed by atoms with E-state index in [1.807, 2.05) is 0 Å². The van der Waals surface area contributed by atoms with Gasteiger partial charge in [-0.25, -0.2) is 14.4 Å². The molecule has 0 saturated carbocycles. The first-order chi connectivity index (χ1) is 17.9. The number of halogens is 5. The van der Waals surface area contributed by atoms with Gasteiger partial charge in [0.25, 0.3) is 5.91 Å². The van der Waals surface area contributed by atoms with Gasteiger partial charge in [-0.1, -0.05) is 53.5 Å². The molecule has 1 amide bonds. The smallest absolute Gasteiger partial charge is 0.416 e. The highest BCUT2D eigenvalue weighted by Crippen LogP contribution is 2.31. The first-order valence-corrected chi connectivity index (χ1v) is 11.3. The highest BCUT2D eigenvalue weighted by atomic mass is 35.5. The zero-order valence-electron chi connectivity index (χ0n) is 18.9. The van der Waals surface area contributed by atoms with Gasteiger partial charge in [0.2, 0.25) is 12.2 Å². The van der Waals surface area contributed by atoms with Crippen LogP contribution in [0.3, 0.4) is 0 Å². The number of carboxylic acids is 1. The molecule has 0 fully saturated rings. The van der Waals surface area contributed by atoms with Gasteiger partial charge in [-0.3, -0.25) is 4.79 Å². The number of aliphatic carboxylic acids is 1. The Hall–Kier alpha value is -4.09. The van der Waals surface area contributed by atoms with Gasteiger partial charge < -0.3 is 19.9 Å². The van der Waals surface area contributed by atoms with Crippen LogP contribution in [0.5, 0.6) is 0 Å². The van der Waals surface area contributed by atoms with E-state index in [-0.39, 0.29) is 21.2 Å². The number of carbonyl (C=O) groups is 4. The van der Waals surface area contributed by atoms with E-state index in [0.717, 1.165) is 18.2 Å². The van der Waals surface area contributed by atoms with Crippen LogP contribution in [0.2, 0.25) is 10.0 Å². The van der Waals surface area contributed by atoms with Crippen molar-refractivity contribution in [3.8, 4) is 0 Å². The molecule has 8 nitrogen and oxygen atoms in total. The van der Waals surface area contributed by atoms with Crippen molar-refractivity contribution in [2.75, 3.05) is 5.32 Å². The van der Waals surface area contributed by atoms with Crippen LogP contribution in [-0.4, -0.2) is 41.1 Å². The average molecular weight is 570 g/mol. The van der Waals surface area contributed by atoms with E-state index >= 15 is 0 Å². The molecule has 3 aromatic carbocycles. The number of ether oxygens (including phenoxy) is 2. The summed E-state index contributed by atoms with van der Waals surface area (Å²) in [6, 6.07) is 14.3. The number of carboxylic acid groups (broad SMARTS) is 1. The van der Waals surface area contributed by atoms with Crippen LogP contribution in [0.4, 0.5) is 18.9 Å². The molecule has 0 heterocycles. The third-order valence-corrected chi connectivity index (χ3v) is 5.55. The zero-order chi connectivity index (χ0) is 28.0. The summed E-state index contributed by atoms with van der Waals surface area (Å²) in [6.07, 6.45) is -9.54. The molecule has 2 N–H and O–H groups in total. The van der Waals surface area contributed by atoms with Crippen molar-refractivity contribution >= 4 is 52.7 Å².